The van der Waals surface area contributed by atoms with Crippen LogP contribution in [0.15, 0.2) is 47.0 Å². The highest BCUT2D eigenvalue weighted by atomic mass is 16.7. The minimum Gasteiger partial charge on any atom is -0.493 e. The number of nitrogens with zero attached hydrogens (tertiary/aromatic N) is 2. The number of para-hydroxylation sites is 1. The van der Waals surface area contributed by atoms with Crippen molar-refractivity contribution < 1.29 is 18.7 Å². The van der Waals surface area contributed by atoms with E-state index in [2.05, 4.69) is 34.0 Å². The Labute approximate surface area is 174 Å². The lowest BCUT2D eigenvalue weighted by Crippen LogP contribution is -2.27. The standard InChI is InChI=1S/C22H24N4O4/c1-2-3-10-27-18-7-5-4-6-15(18)16-12-17(25-24-16)22-23-21(26-30-22)14-8-9-19-20(11-14)29-13-28-19/h4-9,11,16-17,24-25H,2-3,10,12-13H2,1H3. The quantitative estimate of drug-likeness (QED) is 0.569. The first kappa shape index (κ1) is 18.9. The Morgan fingerprint density at radius 2 is 1.93 bits per heavy atom. The molecule has 3 aromatic rings. The van der Waals surface area contributed by atoms with Crippen molar-refractivity contribution in [3.63, 3.8) is 0 Å². The van der Waals surface area contributed by atoms with Crippen molar-refractivity contribution in [2.24, 2.45) is 0 Å². The SMILES string of the molecule is CCCCOc1ccccc1C1CC(c2nc(-c3ccc4c(c3)OCO4)no2)NN1. The zero-order valence-electron chi connectivity index (χ0n) is 16.8. The van der Waals surface area contributed by atoms with E-state index < -0.39 is 0 Å². The van der Waals surface area contributed by atoms with Gasteiger partial charge in [0.1, 0.15) is 11.8 Å². The predicted octanol–water partition coefficient (Wildman–Crippen LogP) is 3.92. The van der Waals surface area contributed by atoms with Crippen LogP contribution >= 0.6 is 0 Å². The van der Waals surface area contributed by atoms with Gasteiger partial charge in [0.25, 0.3) is 0 Å². The lowest BCUT2D eigenvalue weighted by atomic mass is 10.0. The van der Waals surface area contributed by atoms with Crippen LogP contribution < -0.4 is 25.1 Å². The Hall–Kier alpha value is -3.10. The molecule has 0 aliphatic carbocycles. The second-order valence-electron chi connectivity index (χ2n) is 7.39. The second-order valence-corrected chi connectivity index (χ2v) is 7.39. The average Bonchev–Trinajstić information content (AvgIpc) is 3.53. The van der Waals surface area contributed by atoms with Gasteiger partial charge in [-0.3, -0.25) is 0 Å². The van der Waals surface area contributed by atoms with E-state index in [0.29, 0.717) is 17.5 Å². The summed E-state index contributed by atoms with van der Waals surface area (Å²) in [7, 11) is 0. The van der Waals surface area contributed by atoms with Gasteiger partial charge < -0.3 is 18.7 Å². The van der Waals surface area contributed by atoms with E-state index in [-0.39, 0.29) is 18.9 Å². The number of fused-ring (bicyclic) bond motifs is 1. The summed E-state index contributed by atoms with van der Waals surface area (Å²) < 4.78 is 22.3. The molecule has 2 aromatic carbocycles. The van der Waals surface area contributed by atoms with Gasteiger partial charge in [0, 0.05) is 11.1 Å². The van der Waals surface area contributed by atoms with E-state index in [9.17, 15) is 0 Å². The van der Waals surface area contributed by atoms with Crippen LogP contribution in [0.25, 0.3) is 11.4 Å². The van der Waals surface area contributed by atoms with E-state index in [1.807, 2.05) is 36.4 Å². The highest BCUT2D eigenvalue weighted by Gasteiger charge is 2.32. The van der Waals surface area contributed by atoms with Gasteiger partial charge in [0.15, 0.2) is 11.5 Å². The lowest BCUT2D eigenvalue weighted by Gasteiger charge is -2.15. The predicted molar refractivity (Wildman–Crippen MR) is 109 cm³/mol. The molecule has 1 saturated heterocycles. The van der Waals surface area contributed by atoms with Gasteiger partial charge in [0.2, 0.25) is 18.5 Å². The second kappa shape index (κ2) is 8.33. The summed E-state index contributed by atoms with van der Waals surface area (Å²) in [6.07, 6.45) is 2.92. The maximum absolute atomic E-state index is 5.99. The molecule has 8 nitrogen and oxygen atoms in total. The van der Waals surface area contributed by atoms with Crippen LogP contribution in [0.2, 0.25) is 0 Å². The molecule has 0 amide bonds. The number of rotatable bonds is 7. The van der Waals surface area contributed by atoms with Crippen molar-refractivity contribution in [3.8, 4) is 28.6 Å². The molecule has 8 heteroatoms. The summed E-state index contributed by atoms with van der Waals surface area (Å²) >= 11 is 0. The number of hydrogen-bond donors (Lipinski definition) is 2. The van der Waals surface area contributed by atoms with Gasteiger partial charge in [-0.15, -0.1) is 0 Å². The highest BCUT2D eigenvalue weighted by Crippen LogP contribution is 2.37. The van der Waals surface area contributed by atoms with Gasteiger partial charge in [-0.25, -0.2) is 10.9 Å². The smallest absolute Gasteiger partial charge is 0.245 e. The first-order valence-corrected chi connectivity index (χ1v) is 10.3. The third-order valence-electron chi connectivity index (χ3n) is 5.32. The van der Waals surface area contributed by atoms with Crippen molar-refractivity contribution >= 4 is 0 Å². The summed E-state index contributed by atoms with van der Waals surface area (Å²) in [5.74, 6) is 3.41. The van der Waals surface area contributed by atoms with E-state index >= 15 is 0 Å². The van der Waals surface area contributed by atoms with Gasteiger partial charge in [0.05, 0.1) is 12.6 Å². The Morgan fingerprint density at radius 3 is 2.87 bits per heavy atom. The molecule has 2 atom stereocenters. The molecule has 1 fully saturated rings. The zero-order chi connectivity index (χ0) is 20.3. The van der Waals surface area contributed by atoms with Crippen molar-refractivity contribution in [2.45, 2.75) is 38.3 Å². The number of aromatic nitrogens is 2. The van der Waals surface area contributed by atoms with Gasteiger partial charge in [-0.2, -0.15) is 4.98 Å². The number of unbranched alkanes of at least 4 members (excludes halogenated alkanes) is 1. The lowest BCUT2D eigenvalue weighted by molar-refractivity contribution is 0.174. The molecule has 2 aliphatic rings. The fourth-order valence-electron chi connectivity index (χ4n) is 3.68. The van der Waals surface area contributed by atoms with Gasteiger partial charge in [-0.1, -0.05) is 36.7 Å². The highest BCUT2D eigenvalue weighted by molar-refractivity contribution is 5.61. The fourth-order valence-corrected chi connectivity index (χ4v) is 3.68. The Balaban J connectivity index is 1.29. The zero-order valence-corrected chi connectivity index (χ0v) is 16.8. The normalized spacial score (nSPS) is 19.9. The summed E-state index contributed by atoms with van der Waals surface area (Å²) in [5.41, 5.74) is 8.57. The van der Waals surface area contributed by atoms with E-state index in [4.69, 9.17) is 18.7 Å². The monoisotopic (exact) mass is 408 g/mol. The Bertz CT molecular complexity index is 1020. The molecular weight excluding hydrogens is 384 g/mol. The number of nitrogens with one attached hydrogen (secondary N) is 2. The van der Waals surface area contributed by atoms with Crippen molar-refractivity contribution in [1.82, 2.24) is 21.0 Å². The molecule has 0 bridgehead atoms. The van der Waals surface area contributed by atoms with Crippen LogP contribution in [0, 0.1) is 0 Å². The van der Waals surface area contributed by atoms with Crippen molar-refractivity contribution in [3.05, 3.63) is 53.9 Å². The Morgan fingerprint density at radius 1 is 1.07 bits per heavy atom. The van der Waals surface area contributed by atoms with E-state index in [0.717, 1.165) is 48.5 Å². The number of hydrazine groups is 1. The van der Waals surface area contributed by atoms with E-state index in [1.165, 1.54) is 0 Å². The Kier molecular flexibility index (Phi) is 5.25. The van der Waals surface area contributed by atoms with Gasteiger partial charge in [-0.05, 0) is 37.1 Å². The molecule has 2 N–H and O–H groups in total. The van der Waals surface area contributed by atoms with Crippen LogP contribution in [-0.4, -0.2) is 23.5 Å². The third kappa shape index (κ3) is 3.71. The molecule has 0 saturated carbocycles. The molecule has 2 unspecified atom stereocenters. The van der Waals surface area contributed by atoms with Crippen LogP contribution in [0.5, 0.6) is 17.2 Å². The van der Waals surface area contributed by atoms with E-state index in [1.54, 1.807) is 0 Å². The molecular formula is C22H24N4O4. The summed E-state index contributed by atoms with van der Waals surface area (Å²) in [5, 5.41) is 4.15. The summed E-state index contributed by atoms with van der Waals surface area (Å²) in [6, 6.07) is 13.8. The van der Waals surface area contributed by atoms with Crippen LogP contribution in [0.4, 0.5) is 0 Å². The number of benzene rings is 2. The molecule has 156 valence electrons. The van der Waals surface area contributed by atoms with Crippen LogP contribution in [0.3, 0.4) is 0 Å². The molecule has 0 radical (unpaired) electrons. The maximum atomic E-state index is 5.99. The molecule has 3 heterocycles. The molecule has 1 aromatic heterocycles. The number of hydrogen-bond acceptors (Lipinski definition) is 8. The van der Waals surface area contributed by atoms with Gasteiger partial charge >= 0.3 is 0 Å². The number of ether oxygens (including phenoxy) is 3. The van der Waals surface area contributed by atoms with Crippen molar-refractivity contribution in [2.75, 3.05) is 13.4 Å². The third-order valence-corrected chi connectivity index (χ3v) is 5.32. The molecule has 30 heavy (non-hydrogen) atoms. The molecule has 0 spiro atoms. The summed E-state index contributed by atoms with van der Waals surface area (Å²) in [4.78, 5) is 4.59. The van der Waals surface area contributed by atoms with Crippen LogP contribution in [-0.2, 0) is 0 Å². The average molecular weight is 408 g/mol. The molecule has 5 rings (SSSR count). The minimum atomic E-state index is -0.0889. The first-order valence-electron chi connectivity index (χ1n) is 10.3. The summed E-state index contributed by atoms with van der Waals surface area (Å²) in [6.45, 7) is 3.11. The maximum Gasteiger partial charge on any atom is 0.245 e. The fraction of sp³-hybridized carbons (Fsp3) is 0.364. The minimum absolute atomic E-state index is 0.0889. The molecule has 2 aliphatic heterocycles. The topological polar surface area (TPSA) is 90.7 Å². The first-order chi connectivity index (χ1) is 14.8. The largest absolute Gasteiger partial charge is 0.493 e. The van der Waals surface area contributed by atoms with Crippen LogP contribution in [0.1, 0.15) is 49.7 Å². The van der Waals surface area contributed by atoms with Crippen molar-refractivity contribution in [1.29, 1.82) is 0 Å².